The van der Waals surface area contributed by atoms with Gasteiger partial charge in [0.05, 0.1) is 10.0 Å². The van der Waals surface area contributed by atoms with Crippen molar-refractivity contribution in [1.82, 2.24) is 4.98 Å². The van der Waals surface area contributed by atoms with Crippen LogP contribution in [0.5, 0.6) is 0 Å². The van der Waals surface area contributed by atoms with Gasteiger partial charge in [-0.15, -0.1) is 0 Å². The Morgan fingerprint density at radius 1 is 1.17 bits per heavy atom. The fourth-order valence-corrected chi connectivity index (χ4v) is 2.11. The van der Waals surface area contributed by atoms with E-state index in [2.05, 4.69) is 10.3 Å². The van der Waals surface area contributed by atoms with E-state index in [9.17, 15) is 0 Å². The van der Waals surface area contributed by atoms with Crippen molar-refractivity contribution in [2.45, 2.75) is 6.92 Å². The lowest BCUT2D eigenvalue weighted by Gasteiger charge is -2.12. The van der Waals surface area contributed by atoms with Crippen molar-refractivity contribution < 1.29 is 0 Å². The van der Waals surface area contributed by atoms with Gasteiger partial charge in [0.15, 0.2) is 0 Å². The SMILES string of the molecule is CCNc1nc(N)ccc1-c1cccc(Cl)c1Cl. The topological polar surface area (TPSA) is 50.9 Å². The zero-order valence-corrected chi connectivity index (χ0v) is 11.4. The van der Waals surface area contributed by atoms with Gasteiger partial charge in [-0.1, -0.05) is 35.3 Å². The van der Waals surface area contributed by atoms with Crippen molar-refractivity contribution in [3.8, 4) is 11.1 Å². The van der Waals surface area contributed by atoms with Crippen molar-refractivity contribution in [3.63, 3.8) is 0 Å². The molecule has 0 radical (unpaired) electrons. The largest absolute Gasteiger partial charge is 0.384 e. The van der Waals surface area contributed by atoms with Gasteiger partial charge in [-0.25, -0.2) is 4.98 Å². The zero-order valence-electron chi connectivity index (χ0n) is 9.87. The highest BCUT2D eigenvalue weighted by Crippen LogP contribution is 2.36. The molecule has 0 saturated heterocycles. The molecule has 1 aromatic carbocycles. The first-order valence-corrected chi connectivity index (χ1v) is 6.34. The number of halogens is 2. The standard InChI is InChI=1S/C13H13Cl2N3/c1-2-17-13-9(6-7-11(16)18-13)8-4-3-5-10(14)12(8)15/h3-7H,2H2,1H3,(H3,16,17,18). The summed E-state index contributed by atoms with van der Waals surface area (Å²) in [6, 6.07) is 9.15. The Bertz CT molecular complexity index is 570. The average Bonchev–Trinajstić information content (AvgIpc) is 2.34. The lowest BCUT2D eigenvalue weighted by atomic mass is 10.1. The van der Waals surface area contributed by atoms with Crippen LogP contribution in [0, 0.1) is 0 Å². The molecule has 0 atom stereocenters. The Morgan fingerprint density at radius 2 is 1.94 bits per heavy atom. The van der Waals surface area contributed by atoms with Crippen LogP contribution in [0.3, 0.4) is 0 Å². The molecule has 1 aromatic heterocycles. The van der Waals surface area contributed by atoms with E-state index in [1.54, 1.807) is 12.1 Å². The summed E-state index contributed by atoms with van der Waals surface area (Å²) < 4.78 is 0. The minimum atomic E-state index is 0.466. The molecular formula is C13H13Cl2N3. The van der Waals surface area contributed by atoms with Crippen LogP contribution >= 0.6 is 23.2 Å². The van der Waals surface area contributed by atoms with E-state index in [0.29, 0.717) is 21.7 Å². The summed E-state index contributed by atoms with van der Waals surface area (Å²) in [5.74, 6) is 1.18. The van der Waals surface area contributed by atoms with Gasteiger partial charge >= 0.3 is 0 Å². The molecular weight excluding hydrogens is 269 g/mol. The Labute approximate surface area is 116 Å². The summed E-state index contributed by atoms with van der Waals surface area (Å²) in [6.45, 7) is 2.75. The first-order valence-electron chi connectivity index (χ1n) is 5.58. The minimum Gasteiger partial charge on any atom is -0.384 e. The predicted molar refractivity (Wildman–Crippen MR) is 78.3 cm³/mol. The number of hydrogen-bond donors (Lipinski definition) is 2. The summed E-state index contributed by atoms with van der Waals surface area (Å²) >= 11 is 12.2. The highest BCUT2D eigenvalue weighted by atomic mass is 35.5. The number of nitrogen functional groups attached to an aromatic ring is 1. The van der Waals surface area contributed by atoms with Crippen molar-refractivity contribution in [2.75, 3.05) is 17.6 Å². The van der Waals surface area contributed by atoms with Crippen LogP contribution in [-0.4, -0.2) is 11.5 Å². The molecule has 0 aliphatic carbocycles. The number of benzene rings is 1. The molecule has 0 fully saturated rings. The Kier molecular flexibility index (Phi) is 3.94. The number of aromatic nitrogens is 1. The van der Waals surface area contributed by atoms with Crippen LogP contribution in [0.1, 0.15) is 6.92 Å². The maximum atomic E-state index is 6.22. The van der Waals surface area contributed by atoms with Crippen molar-refractivity contribution in [2.24, 2.45) is 0 Å². The number of rotatable bonds is 3. The molecule has 0 bridgehead atoms. The lowest BCUT2D eigenvalue weighted by Crippen LogP contribution is -2.03. The smallest absolute Gasteiger partial charge is 0.136 e. The quantitative estimate of drug-likeness (QED) is 0.892. The van der Waals surface area contributed by atoms with E-state index in [1.165, 1.54) is 0 Å². The molecule has 3 nitrogen and oxygen atoms in total. The fourth-order valence-electron chi connectivity index (χ4n) is 1.71. The van der Waals surface area contributed by atoms with Gasteiger partial charge < -0.3 is 11.1 Å². The number of nitrogens with two attached hydrogens (primary N) is 1. The third kappa shape index (κ3) is 2.52. The molecule has 2 rings (SSSR count). The van der Waals surface area contributed by atoms with Gasteiger partial charge in [0.2, 0.25) is 0 Å². The van der Waals surface area contributed by atoms with Crippen LogP contribution < -0.4 is 11.1 Å². The lowest BCUT2D eigenvalue weighted by molar-refractivity contribution is 1.16. The summed E-state index contributed by atoms with van der Waals surface area (Å²) in [5, 5.41) is 4.21. The summed E-state index contributed by atoms with van der Waals surface area (Å²) in [6.07, 6.45) is 0. The Hall–Kier alpha value is -1.45. The van der Waals surface area contributed by atoms with E-state index in [4.69, 9.17) is 28.9 Å². The van der Waals surface area contributed by atoms with Gasteiger partial charge in [0.1, 0.15) is 11.6 Å². The van der Waals surface area contributed by atoms with Crippen LogP contribution in [0.15, 0.2) is 30.3 Å². The van der Waals surface area contributed by atoms with Crippen molar-refractivity contribution >= 4 is 34.8 Å². The monoisotopic (exact) mass is 281 g/mol. The molecule has 18 heavy (non-hydrogen) atoms. The highest BCUT2D eigenvalue weighted by molar-refractivity contribution is 6.43. The van der Waals surface area contributed by atoms with Crippen LogP contribution in [0.2, 0.25) is 10.0 Å². The number of nitrogens with zero attached hydrogens (tertiary/aromatic N) is 1. The minimum absolute atomic E-state index is 0.466. The van der Waals surface area contributed by atoms with Gasteiger partial charge in [-0.05, 0) is 25.1 Å². The van der Waals surface area contributed by atoms with Crippen LogP contribution in [-0.2, 0) is 0 Å². The van der Waals surface area contributed by atoms with E-state index in [0.717, 1.165) is 17.7 Å². The third-order valence-corrected chi connectivity index (χ3v) is 3.32. The number of hydrogen-bond acceptors (Lipinski definition) is 3. The Morgan fingerprint density at radius 3 is 2.67 bits per heavy atom. The second-order valence-electron chi connectivity index (χ2n) is 3.76. The zero-order chi connectivity index (χ0) is 13.1. The first-order chi connectivity index (χ1) is 8.63. The predicted octanol–water partition coefficient (Wildman–Crippen LogP) is 4.07. The number of pyridine rings is 1. The molecule has 0 aliphatic rings. The first kappa shape index (κ1) is 13.0. The molecule has 1 heterocycles. The molecule has 2 aromatic rings. The Balaban J connectivity index is 2.59. The van der Waals surface area contributed by atoms with E-state index < -0.39 is 0 Å². The maximum absolute atomic E-state index is 6.22. The molecule has 0 unspecified atom stereocenters. The van der Waals surface area contributed by atoms with E-state index >= 15 is 0 Å². The maximum Gasteiger partial charge on any atom is 0.136 e. The van der Waals surface area contributed by atoms with Crippen molar-refractivity contribution in [1.29, 1.82) is 0 Å². The summed E-state index contributed by atoms with van der Waals surface area (Å²) in [5.41, 5.74) is 7.42. The second kappa shape index (κ2) is 5.46. The normalized spacial score (nSPS) is 10.4. The summed E-state index contributed by atoms with van der Waals surface area (Å²) in [7, 11) is 0. The highest BCUT2D eigenvalue weighted by Gasteiger charge is 2.11. The molecule has 94 valence electrons. The molecule has 0 saturated carbocycles. The van der Waals surface area contributed by atoms with Crippen LogP contribution in [0.25, 0.3) is 11.1 Å². The third-order valence-electron chi connectivity index (χ3n) is 2.50. The molecule has 3 N–H and O–H groups in total. The van der Waals surface area contributed by atoms with Gasteiger partial charge in [0.25, 0.3) is 0 Å². The van der Waals surface area contributed by atoms with Crippen LogP contribution in [0.4, 0.5) is 11.6 Å². The molecule has 5 heteroatoms. The van der Waals surface area contributed by atoms with Crippen molar-refractivity contribution in [3.05, 3.63) is 40.4 Å². The molecule has 0 aliphatic heterocycles. The van der Waals surface area contributed by atoms with Gasteiger partial charge in [0, 0.05) is 17.7 Å². The van der Waals surface area contributed by atoms with Gasteiger partial charge in [-0.3, -0.25) is 0 Å². The molecule has 0 amide bonds. The van der Waals surface area contributed by atoms with E-state index in [-0.39, 0.29) is 0 Å². The average molecular weight is 282 g/mol. The number of nitrogens with one attached hydrogen (secondary N) is 1. The number of anilines is 2. The summed E-state index contributed by atoms with van der Waals surface area (Å²) in [4.78, 5) is 4.27. The fraction of sp³-hybridized carbons (Fsp3) is 0.154. The van der Waals surface area contributed by atoms with E-state index in [1.807, 2.05) is 25.1 Å². The second-order valence-corrected chi connectivity index (χ2v) is 4.55. The van der Waals surface area contributed by atoms with Gasteiger partial charge in [-0.2, -0.15) is 0 Å². The molecule has 0 spiro atoms.